The van der Waals surface area contributed by atoms with Gasteiger partial charge in [0.25, 0.3) is 0 Å². The van der Waals surface area contributed by atoms with E-state index in [-0.39, 0.29) is 0 Å². The van der Waals surface area contributed by atoms with Crippen LogP contribution in [0.25, 0.3) is 178 Å². The van der Waals surface area contributed by atoms with E-state index in [1.165, 1.54) is 0 Å². The van der Waals surface area contributed by atoms with E-state index in [0.29, 0.717) is 17.5 Å². The summed E-state index contributed by atoms with van der Waals surface area (Å²) >= 11 is 0. The minimum Gasteiger partial charge on any atom is -0.308 e. The van der Waals surface area contributed by atoms with E-state index >= 15 is 0 Å². The first-order valence-corrected chi connectivity index (χ1v) is 31.9. The normalized spacial score (nSPS) is 11.8. The van der Waals surface area contributed by atoms with Crippen molar-refractivity contribution < 1.29 is 0 Å². The quantitative estimate of drug-likeness (QED) is 0.137. The molecule has 8 heteroatoms. The zero-order chi connectivity index (χ0) is 61.8. The van der Waals surface area contributed by atoms with Crippen molar-refractivity contribution in [1.29, 1.82) is 0 Å². The van der Waals surface area contributed by atoms with Gasteiger partial charge in [0.2, 0.25) is 0 Å². The van der Waals surface area contributed by atoms with Gasteiger partial charge in [-0.05, 0) is 66.2 Å². The predicted octanol–water partition coefficient (Wildman–Crippen LogP) is 21.7. The van der Waals surface area contributed by atoms with Crippen molar-refractivity contribution >= 4 is 87.2 Å². The highest BCUT2D eigenvalue weighted by Gasteiger charge is 2.37. The summed E-state index contributed by atoms with van der Waals surface area (Å²) in [6.07, 6.45) is 0. The van der Waals surface area contributed by atoms with E-state index in [9.17, 15) is 0 Å². The molecule has 0 unspecified atom stereocenters. The van der Waals surface area contributed by atoms with Gasteiger partial charge in [-0.15, -0.1) is 0 Å². The number of hydrogen-bond donors (Lipinski definition) is 0. The van der Waals surface area contributed by atoms with Crippen LogP contribution in [0, 0.1) is 0 Å². The van der Waals surface area contributed by atoms with Crippen molar-refractivity contribution in [3.63, 3.8) is 0 Å². The maximum absolute atomic E-state index is 5.99. The fraction of sp³-hybridized carbons (Fsp3) is 0. The van der Waals surface area contributed by atoms with Crippen LogP contribution in [0.1, 0.15) is 0 Å². The summed E-state index contributed by atoms with van der Waals surface area (Å²) in [6, 6.07) is 118. The average molecular weight is 1200 g/mol. The summed E-state index contributed by atoms with van der Waals surface area (Å²) in [6.45, 7) is 0. The number of pyridine rings is 1. The highest BCUT2D eigenvalue weighted by molar-refractivity contribution is 6.18. The zero-order valence-electron chi connectivity index (χ0n) is 50.8. The minimum atomic E-state index is 0.485. The maximum Gasteiger partial charge on any atom is 0.168 e. The van der Waals surface area contributed by atoms with Crippen molar-refractivity contribution in [2.45, 2.75) is 0 Å². The van der Waals surface area contributed by atoms with Gasteiger partial charge in [0.1, 0.15) is 0 Å². The molecular formula is C86H54N8. The molecule has 0 saturated heterocycles. The SMILES string of the molecule is c1ccc(-c2cc(-c3c(-n4c5ccccc5c5ccccc54)c(-c4nc(-c5ccccc5)nc(-c5ccccc5)n4)c(-n4c5ccccc5c5ccccc54)c(-n4c5ccccc5c5ccccc54)c3-n3c4ccccc4c4ccccc43)cc(-c3ccccc3)n2)cc1. The van der Waals surface area contributed by atoms with Crippen LogP contribution in [0.15, 0.2) is 328 Å². The fourth-order valence-electron chi connectivity index (χ4n) is 14.8. The summed E-state index contributed by atoms with van der Waals surface area (Å²) in [7, 11) is 0. The Bertz CT molecular complexity index is 5620. The molecule has 6 heterocycles. The number of aromatic nitrogens is 8. The first kappa shape index (κ1) is 53.1. The Hall–Kier alpha value is -12.8. The third-order valence-corrected chi connectivity index (χ3v) is 18.8. The number of benzene rings is 13. The van der Waals surface area contributed by atoms with Crippen LogP contribution < -0.4 is 0 Å². The van der Waals surface area contributed by atoms with Crippen molar-refractivity contribution in [2.75, 3.05) is 0 Å². The summed E-state index contributed by atoms with van der Waals surface area (Å²) in [4.78, 5) is 23.1. The Morgan fingerprint density at radius 2 is 0.404 bits per heavy atom. The molecule has 6 aromatic heterocycles. The lowest BCUT2D eigenvalue weighted by Crippen LogP contribution is -2.17. The molecule has 19 aromatic rings. The molecule has 0 amide bonds. The predicted molar refractivity (Wildman–Crippen MR) is 388 cm³/mol. The Kier molecular flexibility index (Phi) is 12.1. The lowest BCUT2D eigenvalue weighted by molar-refractivity contribution is 1.02. The highest BCUT2D eigenvalue weighted by Crippen LogP contribution is 2.55. The van der Waals surface area contributed by atoms with E-state index in [4.69, 9.17) is 19.9 Å². The van der Waals surface area contributed by atoms with Crippen molar-refractivity contribution in [2.24, 2.45) is 0 Å². The fourth-order valence-corrected chi connectivity index (χ4v) is 14.8. The van der Waals surface area contributed by atoms with Gasteiger partial charge >= 0.3 is 0 Å². The Morgan fingerprint density at radius 3 is 0.713 bits per heavy atom. The van der Waals surface area contributed by atoms with Crippen LogP contribution in [0.2, 0.25) is 0 Å². The summed E-state index contributed by atoms with van der Waals surface area (Å²) < 4.78 is 10.2. The third-order valence-electron chi connectivity index (χ3n) is 18.8. The largest absolute Gasteiger partial charge is 0.308 e. The Labute approximate surface area is 540 Å². The van der Waals surface area contributed by atoms with Crippen LogP contribution in [-0.4, -0.2) is 38.2 Å². The number of fused-ring (bicyclic) bond motifs is 12. The molecule has 0 radical (unpaired) electrons. The molecule has 0 spiro atoms. The van der Waals surface area contributed by atoms with E-state index in [0.717, 1.165) is 160 Å². The van der Waals surface area contributed by atoms with Gasteiger partial charge in [-0.3, -0.25) is 0 Å². The van der Waals surface area contributed by atoms with Gasteiger partial charge in [0.05, 0.1) is 83.8 Å². The lowest BCUT2D eigenvalue weighted by atomic mass is 9.91. The van der Waals surface area contributed by atoms with E-state index in [1.807, 2.05) is 12.1 Å². The molecule has 0 aliphatic carbocycles. The van der Waals surface area contributed by atoms with Crippen molar-refractivity contribution in [3.05, 3.63) is 328 Å². The number of rotatable bonds is 10. The molecule has 0 atom stereocenters. The second-order valence-corrected chi connectivity index (χ2v) is 24.0. The van der Waals surface area contributed by atoms with Crippen LogP contribution in [0.5, 0.6) is 0 Å². The Morgan fingerprint density at radius 1 is 0.170 bits per heavy atom. The monoisotopic (exact) mass is 1200 g/mol. The van der Waals surface area contributed by atoms with Gasteiger partial charge in [0, 0.05) is 70.9 Å². The zero-order valence-corrected chi connectivity index (χ0v) is 50.8. The summed E-state index contributed by atoms with van der Waals surface area (Å²) in [5.41, 5.74) is 19.8. The molecule has 438 valence electrons. The first-order chi connectivity index (χ1) is 46.7. The van der Waals surface area contributed by atoms with Crippen LogP contribution in [-0.2, 0) is 0 Å². The van der Waals surface area contributed by atoms with Gasteiger partial charge in [-0.1, -0.05) is 267 Å². The number of nitrogens with zero attached hydrogens (tertiary/aromatic N) is 8. The van der Waals surface area contributed by atoms with Gasteiger partial charge in [-0.25, -0.2) is 19.9 Å². The van der Waals surface area contributed by atoms with Crippen molar-refractivity contribution in [1.82, 2.24) is 38.2 Å². The molecule has 0 aliphatic heterocycles. The molecule has 0 N–H and O–H groups in total. The van der Waals surface area contributed by atoms with Crippen LogP contribution in [0.3, 0.4) is 0 Å². The van der Waals surface area contributed by atoms with Gasteiger partial charge in [-0.2, -0.15) is 0 Å². The molecule has 94 heavy (non-hydrogen) atoms. The number of para-hydroxylation sites is 8. The minimum absolute atomic E-state index is 0.485. The summed E-state index contributed by atoms with van der Waals surface area (Å²) in [5.74, 6) is 1.57. The van der Waals surface area contributed by atoms with Crippen LogP contribution in [0.4, 0.5) is 0 Å². The molecule has 19 rings (SSSR count). The second kappa shape index (κ2) is 21.4. The van der Waals surface area contributed by atoms with E-state index in [1.54, 1.807) is 0 Å². The Balaban J connectivity index is 1.19. The second-order valence-electron chi connectivity index (χ2n) is 24.0. The average Bonchev–Trinajstić information content (AvgIpc) is 1.40. The standard InChI is InChI=1S/C86H54N8/c1-5-29-55(30-6-1)68-53-59(54-69(87-68)56-31-7-2-8-32-56)78-80(91-70-45-21-13-37-60(70)61-38-14-22-46-71(61)91)79(86-89-84(57-33-9-3-10-34-57)88-85(90-86)58-35-11-4-12-36-58)82(93-74-49-25-17-41-64(74)65-42-18-26-50-75(65)93)83(94-76-51-27-19-43-66(76)67-44-20-28-52-77(67)94)81(78)92-72-47-23-15-39-62(72)63-40-16-24-48-73(63)92/h1-54H. The molecular weight excluding hydrogens is 1150 g/mol. The smallest absolute Gasteiger partial charge is 0.168 e. The summed E-state index contributed by atoms with van der Waals surface area (Å²) in [5, 5.41) is 8.92. The lowest BCUT2D eigenvalue weighted by Gasteiger charge is -2.31. The van der Waals surface area contributed by atoms with E-state index < -0.39 is 0 Å². The van der Waals surface area contributed by atoms with E-state index in [2.05, 4.69) is 334 Å². The first-order valence-electron chi connectivity index (χ1n) is 31.9. The molecule has 0 bridgehead atoms. The maximum atomic E-state index is 5.99. The van der Waals surface area contributed by atoms with Crippen LogP contribution >= 0.6 is 0 Å². The topological polar surface area (TPSA) is 71.3 Å². The molecule has 8 nitrogen and oxygen atoms in total. The molecule has 13 aromatic carbocycles. The highest BCUT2D eigenvalue weighted by atomic mass is 15.1. The van der Waals surface area contributed by atoms with Crippen molar-refractivity contribution in [3.8, 4) is 90.6 Å². The van der Waals surface area contributed by atoms with Gasteiger partial charge < -0.3 is 18.3 Å². The number of hydrogen-bond acceptors (Lipinski definition) is 4. The van der Waals surface area contributed by atoms with Gasteiger partial charge in [0.15, 0.2) is 17.5 Å². The molecule has 0 aliphatic rings. The molecule has 0 fully saturated rings. The molecule has 0 saturated carbocycles. The third kappa shape index (κ3) is 8.19.